The van der Waals surface area contributed by atoms with Crippen molar-refractivity contribution in [1.29, 1.82) is 0 Å². The molecule has 1 fully saturated rings. The Kier molecular flexibility index (Phi) is 3.59. The van der Waals surface area contributed by atoms with E-state index in [-0.39, 0.29) is 0 Å². The van der Waals surface area contributed by atoms with Crippen LogP contribution in [-0.2, 0) is 11.2 Å². The third kappa shape index (κ3) is 2.94. The number of rotatable bonds is 3. The molecule has 0 aromatic heterocycles. The Morgan fingerprint density at radius 2 is 2.20 bits per heavy atom. The molecule has 2 rings (SSSR count). The maximum absolute atomic E-state index is 5.64. The number of hydrogen-bond donors (Lipinski definition) is 1. The molecule has 82 valence electrons. The van der Waals surface area contributed by atoms with Crippen LogP contribution in [0.25, 0.3) is 0 Å². The third-order valence-corrected chi connectivity index (χ3v) is 2.63. The van der Waals surface area contributed by atoms with Crippen molar-refractivity contribution >= 4 is 0 Å². The maximum atomic E-state index is 5.64. The van der Waals surface area contributed by atoms with Crippen LogP contribution in [0.15, 0.2) is 24.3 Å². The van der Waals surface area contributed by atoms with Gasteiger partial charge < -0.3 is 14.8 Å². The Morgan fingerprint density at radius 3 is 2.80 bits per heavy atom. The van der Waals surface area contributed by atoms with E-state index >= 15 is 0 Å². The van der Waals surface area contributed by atoms with E-state index in [4.69, 9.17) is 9.47 Å². The van der Waals surface area contributed by atoms with E-state index in [0.29, 0.717) is 6.10 Å². The number of ether oxygens (including phenoxy) is 2. The fraction of sp³-hybridized carbons (Fsp3) is 0.500. The van der Waals surface area contributed by atoms with Crippen LogP contribution in [0.4, 0.5) is 0 Å². The highest BCUT2D eigenvalue weighted by molar-refractivity contribution is 5.27. The minimum absolute atomic E-state index is 0.312. The molecule has 1 atom stereocenters. The number of morpholine rings is 1. The van der Waals surface area contributed by atoms with Crippen LogP contribution in [-0.4, -0.2) is 32.9 Å². The van der Waals surface area contributed by atoms with Crippen molar-refractivity contribution in [3.8, 4) is 5.75 Å². The van der Waals surface area contributed by atoms with Crippen molar-refractivity contribution in [2.24, 2.45) is 0 Å². The Hall–Kier alpha value is -1.06. The van der Waals surface area contributed by atoms with Gasteiger partial charge in [0.2, 0.25) is 0 Å². The summed E-state index contributed by atoms with van der Waals surface area (Å²) in [5, 5.41) is 3.33. The van der Waals surface area contributed by atoms with Gasteiger partial charge in [0.05, 0.1) is 19.8 Å². The van der Waals surface area contributed by atoms with Crippen LogP contribution in [0.1, 0.15) is 5.56 Å². The summed E-state index contributed by atoms with van der Waals surface area (Å²) in [5.74, 6) is 0.904. The van der Waals surface area contributed by atoms with Crippen molar-refractivity contribution in [2.75, 3.05) is 26.8 Å². The average Bonchev–Trinajstić information content (AvgIpc) is 2.31. The van der Waals surface area contributed by atoms with Crippen molar-refractivity contribution in [1.82, 2.24) is 5.32 Å². The summed E-state index contributed by atoms with van der Waals surface area (Å²) < 4.78 is 10.8. The molecular weight excluding hydrogens is 190 g/mol. The molecule has 0 aliphatic carbocycles. The van der Waals surface area contributed by atoms with E-state index in [9.17, 15) is 0 Å². The van der Waals surface area contributed by atoms with Crippen LogP contribution in [0.2, 0.25) is 0 Å². The minimum Gasteiger partial charge on any atom is -0.497 e. The summed E-state index contributed by atoms with van der Waals surface area (Å²) in [6.45, 7) is 2.74. The maximum Gasteiger partial charge on any atom is 0.118 e. The number of benzene rings is 1. The van der Waals surface area contributed by atoms with Gasteiger partial charge in [-0.15, -0.1) is 0 Å². The zero-order chi connectivity index (χ0) is 10.5. The van der Waals surface area contributed by atoms with Crippen LogP contribution in [0.5, 0.6) is 5.75 Å². The van der Waals surface area contributed by atoms with E-state index in [1.165, 1.54) is 5.56 Å². The molecule has 1 aromatic carbocycles. The Labute approximate surface area is 90.4 Å². The molecule has 3 heteroatoms. The average molecular weight is 207 g/mol. The molecule has 1 aliphatic heterocycles. The van der Waals surface area contributed by atoms with E-state index in [1.54, 1.807) is 7.11 Å². The molecule has 0 amide bonds. The van der Waals surface area contributed by atoms with Crippen molar-refractivity contribution in [3.05, 3.63) is 29.8 Å². The molecule has 0 saturated carbocycles. The van der Waals surface area contributed by atoms with E-state index in [0.717, 1.165) is 31.9 Å². The first-order valence-corrected chi connectivity index (χ1v) is 5.34. The first-order chi connectivity index (χ1) is 7.38. The zero-order valence-electron chi connectivity index (χ0n) is 9.03. The highest BCUT2D eigenvalue weighted by Crippen LogP contribution is 2.13. The van der Waals surface area contributed by atoms with Crippen molar-refractivity contribution in [3.63, 3.8) is 0 Å². The van der Waals surface area contributed by atoms with Gasteiger partial charge >= 0.3 is 0 Å². The predicted octanol–water partition coefficient (Wildman–Crippen LogP) is 1.23. The second kappa shape index (κ2) is 5.14. The van der Waals surface area contributed by atoms with E-state index < -0.39 is 0 Å². The summed E-state index contributed by atoms with van der Waals surface area (Å²) in [7, 11) is 1.68. The standard InChI is InChI=1S/C12H17NO2/c1-14-11-4-2-10(3-5-11)8-12-9-13-6-7-15-12/h2-5,12-13H,6-9H2,1H3. The molecule has 0 radical (unpaired) electrons. The van der Waals surface area contributed by atoms with Gasteiger partial charge in [-0.25, -0.2) is 0 Å². The lowest BCUT2D eigenvalue weighted by Gasteiger charge is -2.23. The van der Waals surface area contributed by atoms with Crippen molar-refractivity contribution in [2.45, 2.75) is 12.5 Å². The van der Waals surface area contributed by atoms with E-state index in [1.807, 2.05) is 12.1 Å². The molecule has 15 heavy (non-hydrogen) atoms. The summed E-state index contributed by atoms with van der Waals surface area (Å²) >= 11 is 0. The van der Waals surface area contributed by atoms with Gasteiger partial charge in [-0.1, -0.05) is 12.1 Å². The zero-order valence-corrected chi connectivity index (χ0v) is 9.03. The molecule has 1 aliphatic rings. The molecule has 1 saturated heterocycles. The number of nitrogens with one attached hydrogen (secondary N) is 1. The lowest BCUT2D eigenvalue weighted by Crippen LogP contribution is -2.39. The summed E-state index contributed by atoms with van der Waals surface area (Å²) in [5.41, 5.74) is 1.30. The summed E-state index contributed by atoms with van der Waals surface area (Å²) in [6.07, 6.45) is 1.28. The van der Waals surface area contributed by atoms with Crippen LogP contribution in [0, 0.1) is 0 Å². The minimum atomic E-state index is 0.312. The summed E-state index contributed by atoms with van der Waals surface area (Å²) in [6, 6.07) is 8.17. The van der Waals surface area contributed by atoms with Gasteiger partial charge in [-0.3, -0.25) is 0 Å². The van der Waals surface area contributed by atoms with Gasteiger partial charge in [-0.2, -0.15) is 0 Å². The van der Waals surface area contributed by atoms with Gasteiger partial charge in [0.15, 0.2) is 0 Å². The van der Waals surface area contributed by atoms with Crippen molar-refractivity contribution < 1.29 is 9.47 Å². The first-order valence-electron chi connectivity index (χ1n) is 5.34. The quantitative estimate of drug-likeness (QED) is 0.808. The molecular formula is C12H17NO2. The second-order valence-corrected chi connectivity index (χ2v) is 3.75. The lowest BCUT2D eigenvalue weighted by atomic mass is 10.1. The molecule has 1 unspecified atom stereocenters. The molecule has 1 N–H and O–H groups in total. The van der Waals surface area contributed by atoms with Crippen LogP contribution in [0.3, 0.4) is 0 Å². The number of methoxy groups -OCH3 is 1. The highest BCUT2D eigenvalue weighted by Gasteiger charge is 2.13. The normalized spacial score (nSPS) is 21.3. The fourth-order valence-electron chi connectivity index (χ4n) is 1.78. The molecule has 0 bridgehead atoms. The molecule has 0 spiro atoms. The number of hydrogen-bond acceptors (Lipinski definition) is 3. The SMILES string of the molecule is COc1ccc(CC2CNCCO2)cc1. The predicted molar refractivity (Wildman–Crippen MR) is 59.3 cm³/mol. The molecule has 1 heterocycles. The van der Waals surface area contributed by atoms with Crippen LogP contribution < -0.4 is 10.1 Å². The van der Waals surface area contributed by atoms with E-state index in [2.05, 4.69) is 17.4 Å². The van der Waals surface area contributed by atoms with Gasteiger partial charge in [0.25, 0.3) is 0 Å². The van der Waals surface area contributed by atoms with Gasteiger partial charge in [-0.05, 0) is 24.1 Å². The summed E-state index contributed by atoms with van der Waals surface area (Å²) in [4.78, 5) is 0. The smallest absolute Gasteiger partial charge is 0.118 e. The Bertz CT molecular complexity index is 291. The van der Waals surface area contributed by atoms with Gasteiger partial charge in [0.1, 0.15) is 5.75 Å². The lowest BCUT2D eigenvalue weighted by molar-refractivity contribution is 0.0292. The first kappa shape index (κ1) is 10.5. The topological polar surface area (TPSA) is 30.5 Å². The largest absolute Gasteiger partial charge is 0.497 e. The third-order valence-electron chi connectivity index (χ3n) is 2.63. The van der Waals surface area contributed by atoms with Crippen LogP contribution >= 0.6 is 0 Å². The second-order valence-electron chi connectivity index (χ2n) is 3.75. The Balaban J connectivity index is 1.91. The molecule has 3 nitrogen and oxygen atoms in total. The molecule has 1 aromatic rings. The fourth-order valence-corrected chi connectivity index (χ4v) is 1.78. The Morgan fingerprint density at radius 1 is 1.40 bits per heavy atom. The monoisotopic (exact) mass is 207 g/mol. The highest BCUT2D eigenvalue weighted by atomic mass is 16.5. The van der Waals surface area contributed by atoms with Gasteiger partial charge in [0, 0.05) is 13.1 Å².